The average Bonchev–Trinajstić information content (AvgIpc) is 3.74. The summed E-state index contributed by atoms with van der Waals surface area (Å²) in [5.41, 5.74) is 4.29. The highest BCUT2D eigenvalue weighted by Gasteiger charge is 2.24. The van der Waals surface area contributed by atoms with Crippen LogP contribution in [-0.2, 0) is 16.2 Å². The Hall–Kier alpha value is -7.35. The lowest BCUT2D eigenvalue weighted by Gasteiger charge is -2.17. The number of rotatable bonds is 15. The Kier molecular flexibility index (Phi) is 13.0. The van der Waals surface area contributed by atoms with Crippen LogP contribution in [0.1, 0.15) is 32.3 Å². The van der Waals surface area contributed by atoms with Gasteiger partial charge in [-0.3, -0.25) is 24.5 Å². The van der Waals surface area contributed by atoms with Crippen LogP contribution < -0.4 is 20.7 Å². The summed E-state index contributed by atoms with van der Waals surface area (Å²) in [6, 6.07) is 48.1. The first-order chi connectivity index (χ1) is 28.8. The summed E-state index contributed by atoms with van der Waals surface area (Å²) in [4.78, 5) is 57.1. The Balaban J connectivity index is 1.08. The molecule has 0 bridgehead atoms. The van der Waals surface area contributed by atoms with Gasteiger partial charge in [0.15, 0.2) is 5.13 Å². The number of aromatic nitrogens is 1. The molecule has 1 aromatic heterocycles. The molecule has 59 heavy (non-hydrogen) atoms. The van der Waals surface area contributed by atoms with E-state index in [9.17, 15) is 24.5 Å². The second-order valence-electron chi connectivity index (χ2n) is 12.9. The molecule has 11 nitrogen and oxygen atoms in total. The molecule has 7 rings (SSSR count). The van der Waals surface area contributed by atoms with Gasteiger partial charge in [-0.2, -0.15) is 0 Å². The molecule has 0 aliphatic rings. The number of nitrogens with zero attached hydrogens (tertiary/aromatic N) is 2. The van der Waals surface area contributed by atoms with Crippen LogP contribution in [0.3, 0.4) is 0 Å². The Bertz CT molecular complexity index is 2600. The van der Waals surface area contributed by atoms with Crippen molar-refractivity contribution in [1.29, 1.82) is 0 Å². The first-order valence-corrected chi connectivity index (χ1v) is 20.0. The van der Waals surface area contributed by atoms with E-state index in [1.165, 1.54) is 35.2 Å². The number of hydrogen-bond donors (Lipinski definition) is 3. The molecule has 0 aliphatic heterocycles. The van der Waals surface area contributed by atoms with Crippen LogP contribution >= 0.6 is 23.1 Å². The van der Waals surface area contributed by atoms with Crippen LogP contribution in [0.25, 0.3) is 17.3 Å². The Labute approximate surface area is 348 Å². The number of amides is 3. The quantitative estimate of drug-likeness (QED) is 0.0400. The maximum absolute atomic E-state index is 13.9. The zero-order chi connectivity index (χ0) is 41.0. The van der Waals surface area contributed by atoms with Crippen molar-refractivity contribution in [3.05, 3.63) is 207 Å². The number of ether oxygens (including phenoxy) is 1. The summed E-state index contributed by atoms with van der Waals surface area (Å²) in [6.07, 6.45) is 1.59. The molecule has 1 heterocycles. The van der Waals surface area contributed by atoms with Gasteiger partial charge >= 0.3 is 0 Å². The maximum Gasteiger partial charge on any atom is 0.272 e. The van der Waals surface area contributed by atoms with E-state index in [0.717, 1.165) is 11.1 Å². The van der Waals surface area contributed by atoms with E-state index >= 15 is 0 Å². The molecule has 1 atom stereocenters. The largest absolute Gasteiger partial charge is 0.489 e. The van der Waals surface area contributed by atoms with Crippen LogP contribution in [0.15, 0.2) is 180 Å². The molecule has 7 aromatic rings. The second-order valence-corrected chi connectivity index (χ2v) is 15.0. The highest BCUT2D eigenvalue weighted by molar-refractivity contribution is 8.00. The monoisotopic (exact) mass is 817 g/mol. The van der Waals surface area contributed by atoms with Gasteiger partial charge < -0.3 is 20.7 Å². The van der Waals surface area contributed by atoms with Gasteiger partial charge in [-0.15, -0.1) is 23.1 Å². The smallest absolute Gasteiger partial charge is 0.272 e. The lowest BCUT2D eigenvalue weighted by atomic mass is 10.1. The van der Waals surface area contributed by atoms with E-state index in [1.807, 2.05) is 66.7 Å². The Morgan fingerprint density at radius 1 is 0.780 bits per heavy atom. The van der Waals surface area contributed by atoms with Crippen LogP contribution in [0.2, 0.25) is 0 Å². The first-order valence-electron chi connectivity index (χ1n) is 18.3. The fourth-order valence-electron chi connectivity index (χ4n) is 5.81. The van der Waals surface area contributed by atoms with E-state index < -0.39 is 22.0 Å². The molecule has 1 unspecified atom stereocenters. The summed E-state index contributed by atoms with van der Waals surface area (Å²) in [5.74, 6) is -0.685. The summed E-state index contributed by atoms with van der Waals surface area (Å²) in [5, 5.41) is 21.2. The Morgan fingerprint density at radius 2 is 1.47 bits per heavy atom. The molecular weight excluding hydrogens is 783 g/mol. The number of non-ortho nitro benzene ring substituents is 1. The third-order valence-electron chi connectivity index (χ3n) is 8.74. The van der Waals surface area contributed by atoms with Crippen LogP contribution in [0.4, 0.5) is 16.5 Å². The zero-order valence-electron chi connectivity index (χ0n) is 31.2. The fourth-order valence-corrected chi connectivity index (χ4v) is 7.61. The third-order valence-corrected chi connectivity index (χ3v) is 10.7. The summed E-state index contributed by atoms with van der Waals surface area (Å²) < 4.78 is 5.92. The van der Waals surface area contributed by atoms with Crippen molar-refractivity contribution in [3.8, 4) is 17.0 Å². The van der Waals surface area contributed by atoms with Gasteiger partial charge in [-0.25, -0.2) is 4.98 Å². The van der Waals surface area contributed by atoms with Gasteiger partial charge in [-0.1, -0.05) is 109 Å². The van der Waals surface area contributed by atoms with Crippen molar-refractivity contribution < 1.29 is 24.0 Å². The SMILES string of the molecule is O=C(Nc1cccc(SC(C(=O)Nc2nc(-c3cccc([N+](=O)[O-])c3)cs2)c2ccccc2)c1)/C(=C/c1ccc(OCc2ccccc2)cc1)NC(=O)c1ccccc1. The number of thiazole rings is 1. The molecule has 6 aromatic carbocycles. The van der Waals surface area contributed by atoms with Gasteiger partial charge in [0.25, 0.3) is 17.5 Å². The van der Waals surface area contributed by atoms with Crippen molar-refractivity contribution in [3.63, 3.8) is 0 Å². The molecule has 0 saturated heterocycles. The minimum Gasteiger partial charge on any atom is -0.489 e. The van der Waals surface area contributed by atoms with Crippen LogP contribution in [0, 0.1) is 10.1 Å². The van der Waals surface area contributed by atoms with Crippen molar-refractivity contribution in [2.24, 2.45) is 0 Å². The number of nitro groups is 1. The molecule has 0 spiro atoms. The molecule has 0 radical (unpaired) electrons. The highest BCUT2D eigenvalue weighted by atomic mass is 32.2. The van der Waals surface area contributed by atoms with Gasteiger partial charge in [0, 0.05) is 39.2 Å². The number of anilines is 2. The van der Waals surface area contributed by atoms with Crippen LogP contribution in [0.5, 0.6) is 5.75 Å². The first kappa shape index (κ1) is 39.9. The number of benzene rings is 6. The third kappa shape index (κ3) is 10.9. The minimum atomic E-state index is -0.715. The van der Waals surface area contributed by atoms with Gasteiger partial charge in [0.05, 0.1) is 10.6 Å². The van der Waals surface area contributed by atoms with Gasteiger partial charge in [0.2, 0.25) is 5.91 Å². The fraction of sp³-hybridized carbons (Fsp3) is 0.0435. The number of nitrogens with one attached hydrogen (secondary N) is 3. The van der Waals surface area contributed by atoms with Gasteiger partial charge in [0.1, 0.15) is 23.3 Å². The summed E-state index contributed by atoms with van der Waals surface area (Å²) in [6.45, 7) is 0.405. The molecule has 0 aliphatic carbocycles. The molecule has 0 saturated carbocycles. The van der Waals surface area contributed by atoms with Crippen molar-refractivity contribution in [2.45, 2.75) is 16.8 Å². The van der Waals surface area contributed by atoms with E-state index in [0.29, 0.717) is 50.5 Å². The van der Waals surface area contributed by atoms with Crippen LogP contribution in [-0.4, -0.2) is 27.6 Å². The predicted molar refractivity (Wildman–Crippen MR) is 232 cm³/mol. The minimum absolute atomic E-state index is 0.0179. The number of carbonyl (C=O) groups excluding carboxylic acids is 3. The van der Waals surface area contributed by atoms with Crippen molar-refractivity contribution in [2.75, 3.05) is 10.6 Å². The molecule has 13 heteroatoms. The van der Waals surface area contributed by atoms with E-state index in [1.54, 1.807) is 96.4 Å². The number of carbonyl (C=O) groups is 3. The summed E-state index contributed by atoms with van der Waals surface area (Å²) >= 11 is 2.50. The Morgan fingerprint density at radius 3 is 2.20 bits per heavy atom. The standard InChI is InChI=1S/C46H35N5O6S2/c52-43(34-16-8-3-9-17-34)48-40(26-31-22-24-38(25-23-31)57-29-32-12-4-1-5-13-32)44(53)47-36-19-11-21-39(28-36)59-42(33-14-6-2-7-15-33)45(54)50-46-49-41(30-58-46)35-18-10-20-37(27-35)51(55)56/h1-28,30,42H,29H2,(H,47,53)(H,48,52)(H,49,50,54)/b40-26-. The highest BCUT2D eigenvalue weighted by Crippen LogP contribution is 2.38. The lowest BCUT2D eigenvalue weighted by Crippen LogP contribution is -2.30. The molecule has 3 N–H and O–H groups in total. The lowest BCUT2D eigenvalue weighted by molar-refractivity contribution is -0.384. The zero-order valence-corrected chi connectivity index (χ0v) is 32.8. The topological polar surface area (TPSA) is 153 Å². The number of nitro benzene ring substituents is 1. The second kappa shape index (κ2) is 19.2. The maximum atomic E-state index is 13.9. The van der Waals surface area contributed by atoms with E-state index in [4.69, 9.17) is 4.74 Å². The number of thioether (sulfide) groups is 1. The average molecular weight is 818 g/mol. The molecular formula is C46H35N5O6S2. The summed E-state index contributed by atoms with van der Waals surface area (Å²) in [7, 11) is 0. The molecule has 292 valence electrons. The van der Waals surface area contributed by atoms with E-state index in [-0.39, 0.29) is 17.3 Å². The number of hydrogen-bond acceptors (Lipinski definition) is 9. The predicted octanol–water partition coefficient (Wildman–Crippen LogP) is 10.2. The van der Waals surface area contributed by atoms with Crippen molar-refractivity contribution in [1.82, 2.24) is 10.3 Å². The van der Waals surface area contributed by atoms with E-state index in [2.05, 4.69) is 20.9 Å². The molecule has 0 fully saturated rings. The van der Waals surface area contributed by atoms with Gasteiger partial charge in [-0.05, 0) is 65.2 Å². The molecule has 3 amide bonds. The van der Waals surface area contributed by atoms with Crippen molar-refractivity contribution >= 4 is 63.4 Å². The normalized spacial score (nSPS) is 11.6.